The van der Waals surface area contributed by atoms with Gasteiger partial charge in [-0.3, -0.25) is 4.79 Å². The van der Waals surface area contributed by atoms with Crippen LogP contribution in [0.2, 0.25) is 0 Å². The normalized spacial score (nSPS) is 16.8. The molecule has 2 fully saturated rings. The highest BCUT2D eigenvalue weighted by Gasteiger charge is 2.20. The second-order valence-electron chi connectivity index (χ2n) is 8.94. The highest BCUT2D eigenvalue weighted by atomic mass is 16.5. The van der Waals surface area contributed by atoms with Crippen LogP contribution in [0.5, 0.6) is 0 Å². The molecule has 0 saturated carbocycles. The molecule has 3 N–H and O–H groups in total. The maximum atomic E-state index is 12.8. The number of piperazine rings is 1. The molecular weight excluding hydrogens is 442 g/mol. The predicted octanol–water partition coefficient (Wildman–Crippen LogP) is 2.69. The number of carbonyl (C=O) groups is 1. The van der Waals surface area contributed by atoms with Crippen LogP contribution in [0.1, 0.15) is 10.4 Å². The molecule has 5 rings (SSSR count). The SMILES string of the molecule is CN1CCN(C(=O)c2ccc(-c3cc(Nc4ccc(N5CCOCC5)cc4)nc(N)n3)cc2)CC1. The number of ether oxygens (including phenoxy) is 1. The minimum atomic E-state index is 0.0646. The van der Waals surface area contributed by atoms with Crippen molar-refractivity contribution in [3.63, 3.8) is 0 Å². The Morgan fingerprint density at radius 3 is 2.29 bits per heavy atom. The maximum absolute atomic E-state index is 12.8. The predicted molar refractivity (Wildman–Crippen MR) is 138 cm³/mol. The Morgan fingerprint density at radius 1 is 0.914 bits per heavy atom. The lowest BCUT2D eigenvalue weighted by Crippen LogP contribution is -2.47. The van der Waals surface area contributed by atoms with Gasteiger partial charge in [-0.1, -0.05) is 12.1 Å². The van der Waals surface area contributed by atoms with Gasteiger partial charge in [0, 0.05) is 67.8 Å². The van der Waals surface area contributed by atoms with E-state index in [4.69, 9.17) is 10.5 Å². The molecule has 2 aliphatic rings. The Bertz CT molecular complexity index is 1150. The van der Waals surface area contributed by atoms with Gasteiger partial charge in [-0.25, -0.2) is 4.98 Å². The molecule has 2 aromatic carbocycles. The van der Waals surface area contributed by atoms with Gasteiger partial charge in [-0.05, 0) is 43.4 Å². The molecule has 9 heteroatoms. The van der Waals surface area contributed by atoms with Crippen molar-refractivity contribution in [1.82, 2.24) is 19.8 Å². The van der Waals surface area contributed by atoms with Gasteiger partial charge in [0.1, 0.15) is 5.82 Å². The summed E-state index contributed by atoms with van der Waals surface area (Å²) in [4.78, 5) is 28.0. The molecule has 0 radical (unpaired) electrons. The average molecular weight is 474 g/mol. The monoisotopic (exact) mass is 473 g/mol. The van der Waals surface area contributed by atoms with Gasteiger partial charge in [0.05, 0.1) is 18.9 Å². The molecule has 35 heavy (non-hydrogen) atoms. The van der Waals surface area contributed by atoms with Gasteiger partial charge < -0.3 is 30.5 Å². The summed E-state index contributed by atoms with van der Waals surface area (Å²) in [5.74, 6) is 0.867. The lowest BCUT2D eigenvalue weighted by Gasteiger charge is -2.32. The van der Waals surface area contributed by atoms with Gasteiger partial charge in [-0.15, -0.1) is 0 Å². The number of amides is 1. The second-order valence-corrected chi connectivity index (χ2v) is 8.94. The summed E-state index contributed by atoms with van der Waals surface area (Å²) < 4.78 is 5.43. The number of hydrogen-bond acceptors (Lipinski definition) is 8. The van der Waals surface area contributed by atoms with Crippen LogP contribution >= 0.6 is 0 Å². The topological polar surface area (TPSA) is 99.8 Å². The smallest absolute Gasteiger partial charge is 0.253 e. The Balaban J connectivity index is 1.28. The fraction of sp³-hybridized carbons (Fsp3) is 0.346. The molecule has 0 spiro atoms. The van der Waals surface area contributed by atoms with Crippen molar-refractivity contribution in [2.24, 2.45) is 0 Å². The molecule has 2 saturated heterocycles. The van der Waals surface area contributed by atoms with Crippen molar-refractivity contribution in [2.75, 3.05) is 75.5 Å². The lowest BCUT2D eigenvalue weighted by atomic mass is 10.1. The van der Waals surface area contributed by atoms with Crippen LogP contribution in [0.25, 0.3) is 11.3 Å². The van der Waals surface area contributed by atoms with Crippen molar-refractivity contribution in [3.05, 3.63) is 60.2 Å². The molecule has 0 atom stereocenters. The number of nitrogens with zero attached hydrogens (tertiary/aromatic N) is 5. The van der Waals surface area contributed by atoms with Crippen molar-refractivity contribution < 1.29 is 9.53 Å². The molecule has 182 valence electrons. The number of likely N-dealkylation sites (N-methyl/N-ethyl adjacent to an activating group) is 1. The number of rotatable bonds is 5. The Labute approximate surface area is 205 Å². The molecule has 1 amide bonds. The summed E-state index contributed by atoms with van der Waals surface area (Å²) in [6.07, 6.45) is 0. The van der Waals surface area contributed by atoms with Crippen LogP contribution in [0.4, 0.5) is 23.1 Å². The van der Waals surface area contributed by atoms with Crippen molar-refractivity contribution >= 4 is 29.0 Å². The molecule has 3 aromatic rings. The first-order valence-electron chi connectivity index (χ1n) is 12.0. The maximum Gasteiger partial charge on any atom is 0.253 e. The number of anilines is 4. The summed E-state index contributed by atoms with van der Waals surface area (Å²) >= 11 is 0. The number of carbonyl (C=O) groups excluding carboxylic acids is 1. The molecule has 1 aromatic heterocycles. The number of morpholine rings is 1. The van der Waals surface area contributed by atoms with E-state index in [0.717, 1.165) is 63.7 Å². The largest absolute Gasteiger partial charge is 0.378 e. The summed E-state index contributed by atoms with van der Waals surface area (Å²) in [6, 6.07) is 17.6. The van der Waals surface area contributed by atoms with E-state index in [1.807, 2.05) is 47.4 Å². The standard InChI is InChI=1S/C26H31N7O2/c1-31-10-12-33(13-11-31)25(34)20-4-2-19(3-5-20)23-18-24(30-26(27)29-23)28-21-6-8-22(9-7-21)32-14-16-35-17-15-32/h2-9,18H,10-17H2,1H3,(H3,27,28,29,30). The van der Waals surface area contributed by atoms with E-state index in [1.165, 1.54) is 5.69 Å². The molecule has 0 unspecified atom stereocenters. The molecule has 0 bridgehead atoms. The third-order valence-electron chi connectivity index (χ3n) is 6.48. The highest BCUT2D eigenvalue weighted by molar-refractivity contribution is 5.94. The zero-order valence-corrected chi connectivity index (χ0v) is 20.0. The summed E-state index contributed by atoms with van der Waals surface area (Å²) in [6.45, 7) is 6.62. The first-order valence-corrected chi connectivity index (χ1v) is 12.0. The third-order valence-corrected chi connectivity index (χ3v) is 6.48. The third kappa shape index (κ3) is 5.52. The van der Waals surface area contributed by atoms with Crippen molar-refractivity contribution in [1.29, 1.82) is 0 Å². The van der Waals surface area contributed by atoms with Crippen LogP contribution in [0, 0.1) is 0 Å². The van der Waals surface area contributed by atoms with E-state index in [9.17, 15) is 4.79 Å². The Hall–Kier alpha value is -3.69. The van der Waals surface area contributed by atoms with Gasteiger partial charge in [0.15, 0.2) is 0 Å². The second kappa shape index (κ2) is 10.3. The van der Waals surface area contributed by atoms with Crippen LogP contribution in [-0.4, -0.2) is 85.2 Å². The van der Waals surface area contributed by atoms with Crippen LogP contribution in [0.15, 0.2) is 54.6 Å². The van der Waals surface area contributed by atoms with E-state index in [1.54, 1.807) is 0 Å². The van der Waals surface area contributed by atoms with Gasteiger partial charge >= 0.3 is 0 Å². The Morgan fingerprint density at radius 2 is 1.60 bits per heavy atom. The van der Waals surface area contributed by atoms with Gasteiger partial charge in [-0.2, -0.15) is 4.98 Å². The zero-order valence-electron chi connectivity index (χ0n) is 20.0. The van der Waals surface area contributed by atoms with Crippen LogP contribution < -0.4 is 16.0 Å². The van der Waals surface area contributed by atoms with E-state index in [0.29, 0.717) is 17.1 Å². The molecule has 3 heterocycles. The highest BCUT2D eigenvalue weighted by Crippen LogP contribution is 2.25. The van der Waals surface area contributed by atoms with Crippen LogP contribution in [0.3, 0.4) is 0 Å². The first-order chi connectivity index (χ1) is 17.0. The number of nitrogen functional groups attached to an aromatic ring is 1. The van der Waals surface area contributed by atoms with E-state index in [-0.39, 0.29) is 11.9 Å². The average Bonchev–Trinajstić information content (AvgIpc) is 2.89. The van der Waals surface area contributed by atoms with Crippen molar-refractivity contribution in [3.8, 4) is 11.3 Å². The van der Waals surface area contributed by atoms with Crippen molar-refractivity contribution in [2.45, 2.75) is 0 Å². The summed E-state index contributed by atoms with van der Waals surface area (Å²) in [7, 11) is 2.08. The number of benzene rings is 2. The van der Waals surface area contributed by atoms with E-state index in [2.05, 4.69) is 44.3 Å². The minimum Gasteiger partial charge on any atom is -0.378 e. The molecular formula is C26H31N7O2. The number of aromatic nitrogens is 2. The van der Waals surface area contributed by atoms with Gasteiger partial charge in [0.25, 0.3) is 5.91 Å². The quantitative estimate of drug-likeness (QED) is 0.584. The number of nitrogens with one attached hydrogen (secondary N) is 1. The van der Waals surface area contributed by atoms with E-state index >= 15 is 0 Å². The van der Waals surface area contributed by atoms with E-state index < -0.39 is 0 Å². The number of nitrogens with two attached hydrogens (primary N) is 1. The molecule has 0 aliphatic carbocycles. The number of hydrogen-bond donors (Lipinski definition) is 2. The summed E-state index contributed by atoms with van der Waals surface area (Å²) in [5, 5.41) is 3.32. The summed E-state index contributed by atoms with van der Waals surface area (Å²) in [5.41, 5.74) is 10.4. The fourth-order valence-electron chi connectivity index (χ4n) is 4.38. The fourth-order valence-corrected chi connectivity index (χ4v) is 4.38. The zero-order chi connectivity index (χ0) is 24.2. The molecule has 2 aliphatic heterocycles. The Kier molecular flexibility index (Phi) is 6.78. The first kappa shape index (κ1) is 23.1. The van der Waals surface area contributed by atoms with Gasteiger partial charge in [0.2, 0.25) is 5.95 Å². The van der Waals surface area contributed by atoms with Crippen LogP contribution in [-0.2, 0) is 4.74 Å². The minimum absolute atomic E-state index is 0.0646. The lowest BCUT2D eigenvalue weighted by molar-refractivity contribution is 0.0664. The molecule has 9 nitrogen and oxygen atoms in total.